The summed E-state index contributed by atoms with van der Waals surface area (Å²) >= 11 is 1.72. The molecule has 1 aromatic carbocycles. The highest BCUT2D eigenvalue weighted by molar-refractivity contribution is 7.17. The maximum atomic E-state index is 11.6. The van der Waals surface area contributed by atoms with Crippen LogP contribution in [-0.2, 0) is 11.2 Å². The molecule has 2 aromatic rings. The molecule has 0 N–H and O–H groups in total. The van der Waals surface area contributed by atoms with Gasteiger partial charge >= 0.3 is 0 Å². The summed E-state index contributed by atoms with van der Waals surface area (Å²) in [5.41, 5.74) is 1.19. The van der Waals surface area contributed by atoms with Crippen molar-refractivity contribution in [1.82, 2.24) is 0 Å². The van der Waals surface area contributed by atoms with Crippen LogP contribution in [0.4, 0.5) is 0 Å². The lowest BCUT2D eigenvalue weighted by atomic mass is 10.1. The summed E-state index contributed by atoms with van der Waals surface area (Å²) in [5, 5.41) is 3.35. The van der Waals surface area contributed by atoms with Crippen LogP contribution >= 0.6 is 11.3 Å². The second kappa shape index (κ2) is 4.58. The van der Waals surface area contributed by atoms with Crippen LogP contribution in [-0.4, -0.2) is 5.78 Å². The minimum atomic E-state index is 0.348. The molecule has 0 amide bonds. The molecule has 0 saturated carbocycles. The lowest BCUT2D eigenvalue weighted by Crippen LogP contribution is -2.00. The lowest BCUT2D eigenvalue weighted by molar-refractivity contribution is -0.118. The maximum absolute atomic E-state index is 11.6. The molecule has 0 aliphatic carbocycles. The number of ketones is 1. The first-order valence-corrected chi connectivity index (χ1v) is 6.16. The van der Waals surface area contributed by atoms with Crippen molar-refractivity contribution in [3.8, 4) is 0 Å². The Labute approximate surface area is 93.7 Å². The normalized spacial score (nSPS) is 10.7. The largest absolute Gasteiger partial charge is 0.299 e. The van der Waals surface area contributed by atoms with Crippen LogP contribution in [0.3, 0.4) is 0 Å². The van der Waals surface area contributed by atoms with E-state index < -0.39 is 0 Å². The number of fused-ring (bicyclic) bond motifs is 1. The van der Waals surface area contributed by atoms with E-state index >= 15 is 0 Å². The minimum absolute atomic E-state index is 0.348. The number of thiophene rings is 1. The van der Waals surface area contributed by atoms with Crippen LogP contribution in [0.15, 0.2) is 29.6 Å². The van der Waals surface area contributed by atoms with E-state index in [9.17, 15) is 4.79 Å². The Morgan fingerprint density at radius 2 is 2.13 bits per heavy atom. The van der Waals surface area contributed by atoms with Crippen molar-refractivity contribution in [2.45, 2.75) is 26.2 Å². The molecule has 1 nitrogen and oxygen atoms in total. The van der Waals surface area contributed by atoms with E-state index in [4.69, 9.17) is 0 Å². The van der Waals surface area contributed by atoms with Crippen LogP contribution in [0.2, 0.25) is 0 Å². The van der Waals surface area contributed by atoms with Crippen molar-refractivity contribution in [3.05, 3.63) is 35.2 Å². The van der Waals surface area contributed by atoms with Gasteiger partial charge in [0.2, 0.25) is 0 Å². The van der Waals surface area contributed by atoms with Gasteiger partial charge in [0.25, 0.3) is 0 Å². The summed E-state index contributed by atoms with van der Waals surface area (Å²) in [5.74, 6) is 0.348. The zero-order valence-corrected chi connectivity index (χ0v) is 9.64. The van der Waals surface area contributed by atoms with E-state index in [-0.39, 0.29) is 0 Å². The number of benzene rings is 1. The van der Waals surface area contributed by atoms with Crippen molar-refractivity contribution in [3.63, 3.8) is 0 Å². The molecular weight excluding hydrogens is 204 g/mol. The number of carbonyl (C=O) groups is 1. The molecule has 0 spiro atoms. The number of Topliss-reactive ketones (excluding diaryl/α,β-unsaturated/α-hetero) is 1. The lowest BCUT2D eigenvalue weighted by Gasteiger charge is -1.97. The maximum Gasteiger partial charge on any atom is 0.137 e. The third-order valence-electron chi connectivity index (χ3n) is 2.48. The Kier molecular flexibility index (Phi) is 3.17. The first-order valence-electron chi connectivity index (χ1n) is 5.28. The molecule has 78 valence electrons. The van der Waals surface area contributed by atoms with Gasteiger partial charge in [0.1, 0.15) is 5.78 Å². The van der Waals surface area contributed by atoms with Gasteiger partial charge in [-0.1, -0.05) is 25.1 Å². The summed E-state index contributed by atoms with van der Waals surface area (Å²) in [6.45, 7) is 2.05. The Morgan fingerprint density at radius 1 is 1.33 bits per heavy atom. The molecule has 0 bridgehead atoms. The smallest absolute Gasteiger partial charge is 0.137 e. The Bertz CT molecular complexity index is 470. The van der Waals surface area contributed by atoms with Gasteiger partial charge in [-0.2, -0.15) is 0 Å². The Balaban J connectivity index is 2.25. The molecule has 0 unspecified atom stereocenters. The quantitative estimate of drug-likeness (QED) is 0.762. The van der Waals surface area contributed by atoms with Crippen molar-refractivity contribution < 1.29 is 4.79 Å². The van der Waals surface area contributed by atoms with Gasteiger partial charge in [0.05, 0.1) is 0 Å². The van der Waals surface area contributed by atoms with Crippen LogP contribution < -0.4 is 0 Å². The molecule has 1 aromatic heterocycles. The van der Waals surface area contributed by atoms with E-state index in [0.29, 0.717) is 18.6 Å². The molecule has 0 fully saturated rings. The number of hydrogen-bond donors (Lipinski definition) is 0. The molecule has 0 aliphatic rings. The molecule has 2 rings (SSSR count). The first-order chi connectivity index (χ1) is 7.31. The average Bonchev–Trinajstić information content (AvgIpc) is 2.62. The highest BCUT2D eigenvalue weighted by atomic mass is 32.1. The van der Waals surface area contributed by atoms with Crippen LogP contribution in [0.1, 0.15) is 25.3 Å². The molecule has 15 heavy (non-hydrogen) atoms. The van der Waals surface area contributed by atoms with Crippen LogP contribution in [0.5, 0.6) is 0 Å². The van der Waals surface area contributed by atoms with Crippen LogP contribution in [0.25, 0.3) is 10.1 Å². The monoisotopic (exact) mass is 218 g/mol. The fourth-order valence-electron chi connectivity index (χ4n) is 1.75. The fraction of sp³-hybridized carbons (Fsp3) is 0.308. The summed E-state index contributed by atoms with van der Waals surface area (Å²) in [4.78, 5) is 11.6. The minimum Gasteiger partial charge on any atom is -0.299 e. The van der Waals surface area contributed by atoms with E-state index in [1.54, 1.807) is 11.3 Å². The van der Waals surface area contributed by atoms with E-state index in [1.807, 2.05) is 19.1 Å². The summed E-state index contributed by atoms with van der Waals surface area (Å²) in [6.07, 6.45) is 2.24. The number of carbonyl (C=O) groups excluding carboxylic acids is 1. The Hall–Kier alpha value is -1.15. The molecule has 2 heteroatoms. The van der Waals surface area contributed by atoms with Crippen molar-refractivity contribution in [2.75, 3.05) is 0 Å². The zero-order chi connectivity index (χ0) is 10.7. The predicted octanol–water partition coefficient (Wildman–Crippen LogP) is 3.81. The second-order valence-corrected chi connectivity index (χ2v) is 4.63. The average molecular weight is 218 g/mol. The highest BCUT2D eigenvalue weighted by Crippen LogP contribution is 2.26. The highest BCUT2D eigenvalue weighted by Gasteiger charge is 2.07. The van der Waals surface area contributed by atoms with Gasteiger partial charge in [-0.25, -0.2) is 0 Å². The van der Waals surface area contributed by atoms with E-state index in [2.05, 4.69) is 17.5 Å². The molecular formula is C13H14OS. The zero-order valence-electron chi connectivity index (χ0n) is 8.82. The van der Waals surface area contributed by atoms with Gasteiger partial charge in [-0.15, -0.1) is 11.3 Å². The summed E-state index contributed by atoms with van der Waals surface area (Å²) < 4.78 is 1.27. The Morgan fingerprint density at radius 3 is 2.93 bits per heavy atom. The van der Waals surface area contributed by atoms with Gasteiger partial charge in [-0.05, 0) is 28.8 Å². The molecule has 0 aliphatic heterocycles. The third kappa shape index (κ3) is 2.26. The molecule has 0 radical (unpaired) electrons. The standard InChI is InChI=1S/C13H14OS/c1-2-5-11(14)8-10-9-15-13-7-4-3-6-12(10)13/h3-4,6-7,9H,2,5,8H2,1H3. The summed E-state index contributed by atoms with van der Waals surface area (Å²) in [6, 6.07) is 8.27. The van der Waals surface area contributed by atoms with Gasteiger partial charge in [0.15, 0.2) is 0 Å². The summed E-state index contributed by atoms with van der Waals surface area (Å²) in [7, 11) is 0. The van der Waals surface area contributed by atoms with Gasteiger partial charge in [-0.3, -0.25) is 4.79 Å². The van der Waals surface area contributed by atoms with Crippen molar-refractivity contribution in [2.24, 2.45) is 0 Å². The number of rotatable bonds is 4. The molecule has 0 saturated heterocycles. The van der Waals surface area contributed by atoms with E-state index in [1.165, 1.54) is 15.6 Å². The third-order valence-corrected chi connectivity index (χ3v) is 3.49. The van der Waals surface area contributed by atoms with Crippen molar-refractivity contribution in [1.29, 1.82) is 0 Å². The van der Waals surface area contributed by atoms with Gasteiger partial charge in [0, 0.05) is 17.5 Å². The number of hydrogen-bond acceptors (Lipinski definition) is 2. The fourth-order valence-corrected chi connectivity index (χ4v) is 2.71. The SMILES string of the molecule is CCCC(=O)Cc1csc2ccccc12. The van der Waals surface area contributed by atoms with Gasteiger partial charge < -0.3 is 0 Å². The second-order valence-electron chi connectivity index (χ2n) is 3.72. The molecule has 1 heterocycles. The van der Waals surface area contributed by atoms with E-state index in [0.717, 1.165) is 6.42 Å². The predicted molar refractivity (Wildman–Crippen MR) is 65.4 cm³/mol. The first kappa shape index (κ1) is 10.4. The van der Waals surface area contributed by atoms with Crippen LogP contribution in [0, 0.1) is 0 Å². The topological polar surface area (TPSA) is 17.1 Å². The van der Waals surface area contributed by atoms with Crippen molar-refractivity contribution >= 4 is 27.2 Å². The molecule has 0 atom stereocenters.